The third-order valence-electron chi connectivity index (χ3n) is 2.50. The van der Waals surface area contributed by atoms with Gasteiger partial charge in [0.05, 0.1) is 0 Å². The van der Waals surface area contributed by atoms with Crippen molar-refractivity contribution in [3.05, 3.63) is 0 Å². The fourth-order valence-electron chi connectivity index (χ4n) is 1.55. The molecule has 9 heavy (non-hydrogen) atoms. The fourth-order valence-corrected chi connectivity index (χ4v) is 1.55. The van der Waals surface area contributed by atoms with E-state index in [1.54, 1.807) is 0 Å². The Bertz CT molecular complexity index is 101. The Morgan fingerprint density at radius 2 is 2.33 bits per heavy atom. The molecule has 1 N–H and O–H groups in total. The van der Waals surface area contributed by atoms with Crippen molar-refractivity contribution >= 4 is 0 Å². The predicted octanol–water partition coefficient (Wildman–Crippen LogP) is 1.93. The summed E-state index contributed by atoms with van der Waals surface area (Å²) in [6.07, 6.45) is 3.96. The third kappa shape index (κ3) is 1.45. The van der Waals surface area contributed by atoms with Gasteiger partial charge < -0.3 is 5.32 Å². The van der Waals surface area contributed by atoms with E-state index in [4.69, 9.17) is 0 Å². The summed E-state index contributed by atoms with van der Waals surface area (Å²) in [5, 5.41) is 3.58. The van der Waals surface area contributed by atoms with Crippen molar-refractivity contribution in [3.63, 3.8) is 0 Å². The quantitative estimate of drug-likeness (QED) is 0.567. The lowest BCUT2D eigenvalue weighted by molar-refractivity contribution is 0.384. The molecule has 2 atom stereocenters. The maximum atomic E-state index is 3.58. The summed E-state index contributed by atoms with van der Waals surface area (Å²) in [4.78, 5) is 0. The summed E-state index contributed by atoms with van der Waals surface area (Å²) < 4.78 is 0. The Hall–Kier alpha value is -0.0400. The van der Waals surface area contributed by atoms with E-state index in [1.807, 2.05) is 0 Å². The molecule has 0 saturated carbocycles. The first kappa shape index (κ1) is 7.07. The predicted molar refractivity (Wildman–Crippen MR) is 40.5 cm³/mol. The Kier molecular flexibility index (Phi) is 1.80. The zero-order valence-corrected chi connectivity index (χ0v) is 6.70. The molecule has 2 unspecified atom stereocenters. The lowest BCUT2D eigenvalue weighted by Gasteiger charge is -2.22. The highest BCUT2D eigenvalue weighted by Gasteiger charge is 2.29. The highest BCUT2D eigenvalue weighted by atomic mass is 15.0. The van der Waals surface area contributed by atoms with Gasteiger partial charge in [-0.05, 0) is 33.1 Å². The Labute approximate surface area is 57.8 Å². The smallest absolute Gasteiger partial charge is 0.0153 e. The maximum absolute atomic E-state index is 3.58. The van der Waals surface area contributed by atoms with Crippen molar-refractivity contribution in [2.24, 2.45) is 0 Å². The minimum atomic E-state index is 0.458. The Morgan fingerprint density at radius 3 is 2.56 bits per heavy atom. The number of nitrogens with one attached hydrogen (secondary N) is 1. The van der Waals surface area contributed by atoms with Gasteiger partial charge in [0.1, 0.15) is 0 Å². The second-order valence-electron chi connectivity index (χ2n) is 3.50. The zero-order valence-electron chi connectivity index (χ0n) is 6.70. The van der Waals surface area contributed by atoms with Crippen LogP contribution < -0.4 is 5.32 Å². The van der Waals surface area contributed by atoms with E-state index >= 15 is 0 Å². The van der Waals surface area contributed by atoms with Crippen LogP contribution in [0.2, 0.25) is 0 Å². The van der Waals surface area contributed by atoms with Crippen LogP contribution in [0.5, 0.6) is 0 Å². The molecule has 1 nitrogen and oxygen atoms in total. The Balaban J connectivity index is 2.45. The average Bonchev–Trinajstić information content (AvgIpc) is 2.13. The molecule has 0 amide bonds. The number of hydrogen-bond acceptors (Lipinski definition) is 1. The van der Waals surface area contributed by atoms with Crippen LogP contribution in [-0.2, 0) is 0 Å². The van der Waals surface area contributed by atoms with E-state index in [2.05, 4.69) is 26.1 Å². The Morgan fingerprint density at radius 1 is 1.67 bits per heavy atom. The average molecular weight is 127 g/mol. The van der Waals surface area contributed by atoms with Crippen molar-refractivity contribution in [2.45, 2.75) is 51.6 Å². The molecule has 54 valence electrons. The summed E-state index contributed by atoms with van der Waals surface area (Å²) in [5.41, 5.74) is 0.458. The van der Waals surface area contributed by atoms with Gasteiger partial charge in [-0.25, -0.2) is 0 Å². The topological polar surface area (TPSA) is 12.0 Å². The highest BCUT2D eigenvalue weighted by Crippen LogP contribution is 2.25. The van der Waals surface area contributed by atoms with Gasteiger partial charge in [-0.1, -0.05) is 6.92 Å². The van der Waals surface area contributed by atoms with Gasteiger partial charge in [0.2, 0.25) is 0 Å². The first-order chi connectivity index (χ1) is 4.16. The molecule has 1 fully saturated rings. The fraction of sp³-hybridized carbons (Fsp3) is 1.00. The molecular formula is C8H17N. The van der Waals surface area contributed by atoms with Gasteiger partial charge in [0.25, 0.3) is 0 Å². The molecule has 0 bridgehead atoms. The lowest BCUT2D eigenvalue weighted by atomic mass is 9.97. The second-order valence-corrected chi connectivity index (χ2v) is 3.50. The minimum absolute atomic E-state index is 0.458. The molecule has 1 heterocycles. The van der Waals surface area contributed by atoms with Gasteiger partial charge in [-0.2, -0.15) is 0 Å². The van der Waals surface area contributed by atoms with Crippen LogP contribution in [0.25, 0.3) is 0 Å². The van der Waals surface area contributed by atoms with Crippen LogP contribution in [0.15, 0.2) is 0 Å². The first-order valence-electron chi connectivity index (χ1n) is 3.94. The van der Waals surface area contributed by atoms with Gasteiger partial charge >= 0.3 is 0 Å². The maximum Gasteiger partial charge on any atom is 0.0153 e. The summed E-state index contributed by atoms with van der Waals surface area (Å²) in [6, 6.07) is 0.745. The summed E-state index contributed by atoms with van der Waals surface area (Å²) >= 11 is 0. The van der Waals surface area contributed by atoms with Crippen LogP contribution >= 0.6 is 0 Å². The van der Waals surface area contributed by atoms with E-state index in [1.165, 1.54) is 19.3 Å². The van der Waals surface area contributed by atoms with E-state index < -0.39 is 0 Å². The molecular weight excluding hydrogens is 110 g/mol. The SMILES string of the molecule is CCC1(C)CCC(C)N1. The number of rotatable bonds is 1. The standard InChI is InChI=1S/C8H17N/c1-4-8(3)6-5-7(2)9-8/h7,9H,4-6H2,1-3H3. The molecule has 1 aliphatic rings. The van der Waals surface area contributed by atoms with Gasteiger partial charge in [0, 0.05) is 11.6 Å². The summed E-state index contributed by atoms with van der Waals surface area (Å²) in [5.74, 6) is 0. The van der Waals surface area contributed by atoms with E-state index in [-0.39, 0.29) is 0 Å². The van der Waals surface area contributed by atoms with Crippen LogP contribution in [0.3, 0.4) is 0 Å². The van der Waals surface area contributed by atoms with Crippen molar-refractivity contribution in [2.75, 3.05) is 0 Å². The molecule has 0 aromatic heterocycles. The summed E-state index contributed by atoms with van der Waals surface area (Å²) in [7, 11) is 0. The molecule has 0 aromatic carbocycles. The second kappa shape index (κ2) is 2.30. The molecule has 1 saturated heterocycles. The van der Waals surface area contributed by atoms with Crippen LogP contribution in [0.4, 0.5) is 0 Å². The van der Waals surface area contributed by atoms with E-state index in [9.17, 15) is 0 Å². The summed E-state index contributed by atoms with van der Waals surface area (Å²) in [6.45, 7) is 6.84. The van der Waals surface area contributed by atoms with Gasteiger partial charge in [-0.3, -0.25) is 0 Å². The molecule has 0 aliphatic carbocycles. The minimum Gasteiger partial charge on any atom is -0.309 e. The van der Waals surface area contributed by atoms with Crippen LogP contribution in [-0.4, -0.2) is 11.6 Å². The zero-order chi connectivity index (χ0) is 6.91. The van der Waals surface area contributed by atoms with Gasteiger partial charge in [-0.15, -0.1) is 0 Å². The lowest BCUT2D eigenvalue weighted by Crippen LogP contribution is -2.38. The van der Waals surface area contributed by atoms with Crippen LogP contribution in [0, 0.1) is 0 Å². The molecule has 0 radical (unpaired) electrons. The molecule has 0 aromatic rings. The molecule has 1 rings (SSSR count). The highest BCUT2D eigenvalue weighted by molar-refractivity contribution is 4.91. The van der Waals surface area contributed by atoms with Crippen LogP contribution in [0.1, 0.15) is 40.0 Å². The van der Waals surface area contributed by atoms with E-state index in [0.29, 0.717) is 5.54 Å². The largest absolute Gasteiger partial charge is 0.309 e. The molecule has 1 heteroatoms. The van der Waals surface area contributed by atoms with Crippen molar-refractivity contribution < 1.29 is 0 Å². The monoisotopic (exact) mass is 127 g/mol. The first-order valence-corrected chi connectivity index (χ1v) is 3.94. The van der Waals surface area contributed by atoms with Gasteiger partial charge in [0.15, 0.2) is 0 Å². The molecule has 0 spiro atoms. The molecule has 1 aliphatic heterocycles. The van der Waals surface area contributed by atoms with Crippen molar-refractivity contribution in [1.29, 1.82) is 0 Å². The third-order valence-corrected chi connectivity index (χ3v) is 2.50. The van der Waals surface area contributed by atoms with Crippen molar-refractivity contribution in [3.8, 4) is 0 Å². The normalized spacial score (nSPS) is 43.7. The van der Waals surface area contributed by atoms with E-state index in [0.717, 1.165) is 6.04 Å². The van der Waals surface area contributed by atoms with Crippen molar-refractivity contribution in [1.82, 2.24) is 5.32 Å². The number of hydrogen-bond donors (Lipinski definition) is 1.